The van der Waals surface area contributed by atoms with E-state index >= 15 is 0 Å². The average molecular weight is 365 g/mol. The van der Waals surface area contributed by atoms with Gasteiger partial charge in [-0.05, 0) is 55.7 Å². The normalized spacial score (nSPS) is 17.0. The third-order valence-electron chi connectivity index (χ3n) is 5.14. The molecule has 1 aliphatic heterocycles. The molecular formula is C21H20FN3O2. The molecule has 4 rings (SSSR count). The molecule has 2 heterocycles. The number of anilines is 1. The molecule has 1 unspecified atom stereocenters. The molecular weight excluding hydrogens is 345 g/mol. The molecule has 6 heteroatoms. The number of nitrogens with zero attached hydrogens (tertiary/aromatic N) is 3. The van der Waals surface area contributed by atoms with Gasteiger partial charge in [0.2, 0.25) is 17.6 Å². The second-order valence-electron chi connectivity index (χ2n) is 7.09. The van der Waals surface area contributed by atoms with Crippen LogP contribution in [0.5, 0.6) is 0 Å². The van der Waals surface area contributed by atoms with E-state index in [0.29, 0.717) is 23.9 Å². The molecule has 138 valence electrons. The lowest BCUT2D eigenvalue weighted by Crippen LogP contribution is -2.25. The summed E-state index contributed by atoms with van der Waals surface area (Å²) >= 11 is 0. The van der Waals surface area contributed by atoms with Crippen LogP contribution in [0.3, 0.4) is 0 Å². The van der Waals surface area contributed by atoms with E-state index in [4.69, 9.17) is 4.52 Å². The van der Waals surface area contributed by atoms with Crippen LogP contribution in [-0.2, 0) is 4.79 Å². The van der Waals surface area contributed by atoms with Crippen LogP contribution in [0.4, 0.5) is 10.1 Å². The Bertz CT molecular complexity index is 1030. The van der Waals surface area contributed by atoms with Crippen molar-refractivity contribution in [1.82, 2.24) is 10.1 Å². The first kappa shape index (κ1) is 17.4. The zero-order chi connectivity index (χ0) is 19.1. The molecule has 2 aromatic carbocycles. The van der Waals surface area contributed by atoms with Gasteiger partial charge in [0.05, 0.1) is 5.92 Å². The van der Waals surface area contributed by atoms with Crippen molar-refractivity contribution in [3.8, 4) is 11.4 Å². The first-order valence-electron chi connectivity index (χ1n) is 8.90. The fourth-order valence-electron chi connectivity index (χ4n) is 3.38. The average Bonchev–Trinajstić information content (AvgIpc) is 3.26. The number of hydrogen-bond acceptors (Lipinski definition) is 4. The second kappa shape index (κ2) is 6.61. The van der Waals surface area contributed by atoms with E-state index in [1.165, 1.54) is 17.7 Å². The summed E-state index contributed by atoms with van der Waals surface area (Å²) in [6, 6.07) is 10.5. The molecule has 0 bridgehead atoms. The van der Waals surface area contributed by atoms with Gasteiger partial charge in [-0.2, -0.15) is 4.98 Å². The fourth-order valence-corrected chi connectivity index (χ4v) is 3.38. The molecule has 0 radical (unpaired) electrons. The topological polar surface area (TPSA) is 59.2 Å². The summed E-state index contributed by atoms with van der Waals surface area (Å²) in [5.41, 5.74) is 4.69. The van der Waals surface area contributed by atoms with Gasteiger partial charge in [0.1, 0.15) is 5.82 Å². The molecule has 1 aliphatic rings. The van der Waals surface area contributed by atoms with Crippen LogP contribution < -0.4 is 4.90 Å². The summed E-state index contributed by atoms with van der Waals surface area (Å²) in [4.78, 5) is 18.6. The first-order valence-corrected chi connectivity index (χ1v) is 8.90. The molecule has 1 fully saturated rings. The molecule has 0 saturated carbocycles. The van der Waals surface area contributed by atoms with E-state index in [2.05, 4.69) is 10.1 Å². The Kier molecular flexibility index (Phi) is 4.26. The van der Waals surface area contributed by atoms with Crippen LogP contribution in [0.15, 0.2) is 40.9 Å². The maximum Gasteiger partial charge on any atom is 0.232 e. The number of amides is 1. The summed E-state index contributed by atoms with van der Waals surface area (Å²) in [5, 5.41) is 4.08. The Morgan fingerprint density at radius 1 is 1.07 bits per heavy atom. The van der Waals surface area contributed by atoms with E-state index < -0.39 is 0 Å². The van der Waals surface area contributed by atoms with Crippen LogP contribution in [0, 0.1) is 26.6 Å². The van der Waals surface area contributed by atoms with Gasteiger partial charge in [-0.25, -0.2) is 4.39 Å². The maximum atomic E-state index is 13.6. The van der Waals surface area contributed by atoms with Gasteiger partial charge in [-0.1, -0.05) is 23.4 Å². The number of carbonyl (C=O) groups is 1. The van der Waals surface area contributed by atoms with Gasteiger partial charge >= 0.3 is 0 Å². The minimum atomic E-state index is -0.360. The quantitative estimate of drug-likeness (QED) is 0.693. The highest BCUT2D eigenvalue weighted by molar-refractivity contribution is 5.97. The van der Waals surface area contributed by atoms with Crippen molar-refractivity contribution in [3.05, 3.63) is 64.8 Å². The smallest absolute Gasteiger partial charge is 0.232 e. The number of aryl methyl sites for hydroxylation is 3. The summed E-state index contributed by atoms with van der Waals surface area (Å²) in [6.45, 7) is 6.35. The Morgan fingerprint density at radius 2 is 1.85 bits per heavy atom. The highest BCUT2D eigenvalue weighted by Gasteiger charge is 2.35. The zero-order valence-corrected chi connectivity index (χ0v) is 15.5. The molecule has 1 amide bonds. The molecule has 5 nitrogen and oxygen atoms in total. The van der Waals surface area contributed by atoms with Crippen molar-refractivity contribution in [2.45, 2.75) is 33.1 Å². The van der Waals surface area contributed by atoms with Crippen LogP contribution in [0.25, 0.3) is 11.4 Å². The number of aromatic nitrogens is 2. The minimum Gasteiger partial charge on any atom is -0.339 e. The molecule has 3 aromatic rings. The second-order valence-corrected chi connectivity index (χ2v) is 7.09. The van der Waals surface area contributed by atoms with E-state index in [0.717, 1.165) is 16.7 Å². The van der Waals surface area contributed by atoms with Crippen molar-refractivity contribution in [2.75, 3.05) is 11.4 Å². The lowest BCUT2D eigenvalue weighted by Gasteiger charge is -2.18. The Morgan fingerprint density at radius 3 is 2.63 bits per heavy atom. The summed E-state index contributed by atoms with van der Waals surface area (Å²) in [7, 11) is 0. The largest absolute Gasteiger partial charge is 0.339 e. The van der Waals surface area contributed by atoms with Crippen molar-refractivity contribution in [2.24, 2.45) is 0 Å². The molecule has 0 N–H and O–H groups in total. The molecule has 1 aromatic heterocycles. The van der Waals surface area contributed by atoms with Gasteiger partial charge in [-0.3, -0.25) is 4.79 Å². The minimum absolute atomic E-state index is 0.0698. The monoisotopic (exact) mass is 365 g/mol. The maximum absolute atomic E-state index is 13.6. The van der Waals surface area contributed by atoms with Gasteiger partial charge in [0, 0.05) is 24.2 Å². The van der Waals surface area contributed by atoms with Gasteiger partial charge in [-0.15, -0.1) is 0 Å². The summed E-state index contributed by atoms with van der Waals surface area (Å²) in [6.07, 6.45) is 0.268. The third-order valence-corrected chi connectivity index (χ3v) is 5.14. The molecule has 0 aliphatic carbocycles. The Balaban J connectivity index is 1.58. The van der Waals surface area contributed by atoms with Crippen molar-refractivity contribution in [3.63, 3.8) is 0 Å². The van der Waals surface area contributed by atoms with E-state index in [-0.39, 0.29) is 24.1 Å². The predicted molar refractivity (Wildman–Crippen MR) is 100 cm³/mol. The van der Waals surface area contributed by atoms with Crippen LogP contribution in [-0.4, -0.2) is 22.6 Å². The van der Waals surface area contributed by atoms with E-state index in [1.807, 2.05) is 39.0 Å². The van der Waals surface area contributed by atoms with E-state index in [1.54, 1.807) is 11.0 Å². The fraction of sp³-hybridized carbons (Fsp3) is 0.286. The number of halogens is 1. The lowest BCUT2D eigenvalue weighted by molar-refractivity contribution is -0.117. The highest BCUT2D eigenvalue weighted by Crippen LogP contribution is 2.33. The first-order chi connectivity index (χ1) is 12.9. The van der Waals surface area contributed by atoms with Crippen LogP contribution in [0.1, 0.15) is 34.9 Å². The molecule has 1 atom stereocenters. The lowest BCUT2D eigenvalue weighted by atomic mass is 10.1. The predicted octanol–water partition coefficient (Wildman–Crippen LogP) is 4.32. The van der Waals surface area contributed by atoms with Crippen molar-refractivity contribution < 1.29 is 13.7 Å². The SMILES string of the molecule is Cc1ccc(-c2noc(C3CC(=O)N(c4cc(F)ccc4C)C3)n2)cc1C. The standard InChI is InChI=1S/C21H20FN3O2/c1-12-4-6-15(8-14(12)3)20-23-21(27-24-20)16-9-19(26)25(11-16)18-10-17(22)7-5-13(18)2/h4-8,10,16H,9,11H2,1-3H3. The molecule has 27 heavy (non-hydrogen) atoms. The molecule has 0 spiro atoms. The third kappa shape index (κ3) is 3.23. The number of carbonyl (C=O) groups excluding carboxylic acids is 1. The highest BCUT2D eigenvalue weighted by atomic mass is 19.1. The summed E-state index contributed by atoms with van der Waals surface area (Å²) in [5.74, 6) is 0.323. The zero-order valence-electron chi connectivity index (χ0n) is 15.5. The Labute approximate surface area is 156 Å². The molecule has 1 saturated heterocycles. The Hall–Kier alpha value is -3.02. The van der Waals surface area contributed by atoms with Gasteiger partial charge in [0.25, 0.3) is 0 Å². The van der Waals surface area contributed by atoms with Gasteiger partial charge < -0.3 is 9.42 Å². The summed E-state index contributed by atoms with van der Waals surface area (Å²) < 4.78 is 19.1. The number of benzene rings is 2. The van der Waals surface area contributed by atoms with Crippen LogP contribution >= 0.6 is 0 Å². The van der Waals surface area contributed by atoms with Gasteiger partial charge in [0.15, 0.2) is 0 Å². The number of rotatable bonds is 3. The van der Waals surface area contributed by atoms with Crippen LogP contribution in [0.2, 0.25) is 0 Å². The van der Waals surface area contributed by atoms with Crippen molar-refractivity contribution >= 4 is 11.6 Å². The van der Waals surface area contributed by atoms with Crippen molar-refractivity contribution in [1.29, 1.82) is 0 Å². The van der Waals surface area contributed by atoms with E-state index in [9.17, 15) is 9.18 Å². The number of hydrogen-bond donors (Lipinski definition) is 0.